The first kappa shape index (κ1) is 18.6. The minimum Gasteiger partial charge on any atom is -0.335 e. The lowest BCUT2D eigenvalue weighted by Crippen LogP contribution is -2.47. The van der Waals surface area contributed by atoms with Crippen molar-refractivity contribution in [2.24, 2.45) is 0 Å². The predicted octanol–water partition coefficient (Wildman–Crippen LogP) is 3.24. The third-order valence-electron chi connectivity index (χ3n) is 5.25. The van der Waals surface area contributed by atoms with E-state index in [0.717, 1.165) is 38.9 Å². The monoisotopic (exact) mass is 354 g/mol. The normalized spacial score (nSPS) is 16.2. The van der Waals surface area contributed by atoms with Gasteiger partial charge in [-0.05, 0) is 58.8 Å². The van der Waals surface area contributed by atoms with Crippen molar-refractivity contribution >= 4 is 5.91 Å². The Bertz CT molecular complexity index is 702. The number of hydrogen-bond acceptors (Lipinski definition) is 3. The van der Waals surface area contributed by atoms with Gasteiger partial charge in [-0.2, -0.15) is 5.10 Å². The van der Waals surface area contributed by atoms with Crippen molar-refractivity contribution in [1.82, 2.24) is 19.6 Å². The minimum atomic E-state index is 0.113. The number of hydrogen-bond donors (Lipinski definition) is 0. The third kappa shape index (κ3) is 4.52. The molecule has 1 aliphatic rings. The maximum atomic E-state index is 13.2. The van der Waals surface area contributed by atoms with Crippen LogP contribution < -0.4 is 0 Å². The van der Waals surface area contributed by atoms with Gasteiger partial charge in [-0.15, -0.1) is 0 Å². The number of likely N-dealkylation sites (tertiary alicyclic amines) is 1. The van der Waals surface area contributed by atoms with Crippen LogP contribution in [0.3, 0.4) is 0 Å². The zero-order valence-electron chi connectivity index (χ0n) is 16.1. The highest BCUT2D eigenvalue weighted by Crippen LogP contribution is 2.19. The topological polar surface area (TPSA) is 41.4 Å². The third-order valence-corrected chi connectivity index (χ3v) is 5.25. The van der Waals surface area contributed by atoms with E-state index in [4.69, 9.17) is 0 Å². The molecule has 2 heterocycles. The number of carbonyl (C=O) groups excluding carboxylic acids is 1. The molecule has 0 spiro atoms. The Hall–Kier alpha value is -2.14. The lowest BCUT2D eigenvalue weighted by Gasteiger charge is -2.37. The highest BCUT2D eigenvalue weighted by atomic mass is 16.2. The molecule has 5 heteroatoms. The van der Waals surface area contributed by atoms with E-state index in [9.17, 15) is 4.79 Å². The number of amides is 1. The molecule has 0 aliphatic carbocycles. The first-order valence-electron chi connectivity index (χ1n) is 9.62. The molecule has 2 aromatic rings. The maximum absolute atomic E-state index is 13.2. The van der Waals surface area contributed by atoms with Gasteiger partial charge in [-0.1, -0.05) is 30.3 Å². The molecule has 26 heavy (non-hydrogen) atoms. The maximum Gasteiger partial charge on any atom is 0.257 e. The Morgan fingerprint density at radius 1 is 1.23 bits per heavy atom. The van der Waals surface area contributed by atoms with Gasteiger partial charge in [-0.25, -0.2) is 0 Å². The van der Waals surface area contributed by atoms with Gasteiger partial charge in [0.1, 0.15) is 0 Å². The number of aromatic nitrogens is 2. The standard InChI is InChI=1S/C21H30N4O/c1-17(2)25-16-19(15-22-25)21(26)24(20-10-12-23(3)13-11-20)14-9-18-7-5-4-6-8-18/h4-8,15-17,20H,9-14H2,1-3H3. The quantitative estimate of drug-likeness (QED) is 0.800. The zero-order valence-corrected chi connectivity index (χ0v) is 16.1. The summed E-state index contributed by atoms with van der Waals surface area (Å²) in [6, 6.07) is 11.0. The lowest BCUT2D eigenvalue weighted by atomic mass is 10.0. The minimum absolute atomic E-state index is 0.113. The summed E-state index contributed by atoms with van der Waals surface area (Å²) in [5.74, 6) is 0.113. The van der Waals surface area contributed by atoms with Gasteiger partial charge in [-0.3, -0.25) is 9.48 Å². The van der Waals surface area contributed by atoms with Crippen LogP contribution in [-0.4, -0.2) is 58.2 Å². The summed E-state index contributed by atoms with van der Waals surface area (Å²) in [6.07, 6.45) is 6.56. The summed E-state index contributed by atoms with van der Waals surface area (Å²) in [5, 5.41) is 4.36. The van der Waals surface area contributed by atoms with Crippen LogP contribution in [0.4, 0.5) is 0 Å². The Morgan fingerprint density at radius 2 is 1.92 bits per heavy atom. The molecule has 5 nitrogen and oxygen atoms in total. The summed E-state index contributed by atoms with van der Waals surface area (Å²) in [5.41, 5.74) is 1.97. The SMILES string of the molecule is CC(C)n1cc(C(=O)N(CCc2ccccc2)C2CCN(C)CC2)cn1. The molecule has 1 aromatic carbocycles. The fourth-order valence-electron chi connectivity index (χ4n) is 3.55. The molecule has 3 rings (SSSR count). The van der Waals surface area contributed by atoms with E-state index < -0.39 is 0 Å². The molecule has 140 valence electrons. The number of piperidine rings is 1. The van der Waals surface area contributed by atoms with E-state index in [2.05, 4.69) is 60.1 Å². The van der Waals surface area contributed by atoms with Crippen LogP contribution in [0.2, 0.25) is 0 Å². The van der Waals surface area contributed by atoms with E-state index in [1.54, 1.807) is 6.20 Å². The Kier molecular flexibility index (Phi) is 6.09. The Balaban J connectivity index is 1.75. The molecule has 1 aliphatic heterocycles. The van der Waals surface area contributed by atoms with Crippen LogP contribution in [0.25, 0.3) is 0 Å². The Morgan fingerprint density at radius 3 is 2.54 bits per heavy atom. The first-order chi connectivity index (χ1) is 12.5. The van der Waals surface area contributed by atoms with Crippen LogP contribution in [0.5, 0.6) is 0 Å². The van der Waals surface area contributed by atoms with Crippen molar-refractivity contribution < 1.29 is 4.79 Å². The fourth-order valence-corrected chi connectivity index (χ4v) is 3.55. The van der Waals surface area contributed by atoms with Crippen LogP contribution in [0, 0.1) is 0 Å². The molecule has 0 atom stereocenters. The number of nitrogens with zero attached hydrogens (tertiary/aromatic N) is 4. The summed E-state index contributed by atoms with van der Waals surface area (Å²) in [6.45, 7) is 7.00. The van der Waals surface area contributed by atoms with Crippen molar-refractivity contribution in [3.63, 3.8) is 0 Å². The molecule has 1 amide bonds. The molecule has 1 fully saturated rings. The van der Waals surface area contributed by atoms with Gasteiger partial charge in [0.2, 0.25) is 0 Å². The molecular formula is C21H30N4O. The summed E-state index contributed by atoms with van der Waals surface area (Å²) in [4.78, 5) is 17.7. The largest absolute Gasteiger partial charge is 0.335 e. The molecule has 0 saturated carbocycles. The van der Waals surface area contributed by atoms with Crippen LogP contribution >= 0.6 is 0 Å². The highest BCUT2D eigenvalue weighted by molar-refractivity contribution is 5.94. The molecule has 0 radical (unpaired) electrons. The summed E-state index contributed by atoms with van der Waals surface area (Å²) < 4.78 is 1.86. The number of carbonyl (C=O) groups is 1. The van der Waals surface area contributed by atoms with Crippen molar-refractivity contribution in [1.29, 1.82) is 0 Å². The van der Waals surface area contributed by atoms with Gasteiger partial charge < -0.3 is 9.80 Å². The molecule has 0 unspecified atom stereocenters. The molecule has 0 bridgehead atoms. The van der Waals surface area contributed by atoms with Crippen molar-refractivity contribution in [2.75, 3.05) is 26.7 Å². The van der Waals surface area contributed by atoms with Crippen LogP contribution in [-0.2, 0) is 6.42 Å². The number of benzene rings is 1. The van der Waals surface area contributed by atoms with Gasteiger partial charge >= 0.3 is 0 Å². The van der Waals surface area contributed by atoms with Gasteiger partial charge in [0.25, 0.3) is 5.91 Å². The first-order valence-corrected chi connectivity index (χ1v) is 9.62. The van der Waals surface area contributed by atoms with E-state index >= 15 is 0 Å². The van der Waals surface area contributed by atoms with Crippen LogP contribution in [0.1, 0.15) is 48.7 Å². The fraction of sp³-hybridized carbons (Fsp3) is 0.524. The molecule has 0 N–H and O–H groups in total. The summed E-state index contributed by atoms with van der Waals surface area (Å²) in [7, 11) is 2.15. The van der Waals surface area contributed by atoms with E-state index in [1.165, 1.54) is 5.56 Å². The lowest BCUT2D eigenvalue weighted by molar-refractivity contribution is 0.0594. The number of rotatable bonds is 6. The van der Waals surface area contributed by atoms with Gasteiger partial charge in [0.15, 0.2) is 0 Å². The summed E-state index contributed by atoms with van der Waals surface area (Å²) >= 11 is 0. The van der Waals surface area contributed by atoms with Crippen molar-refractivity contribution in [3.05, 3.63) is 53.9 Å². The van der Waals surface area contributed by atoms with Crippen molar-refractivity contribution in [2.45, 2.75) is 45.2 Å². The van der Waals surface area contributed by atoms with E-state index in [-0.39, 0.29) is 11.9 Å². The predicted molar refractivity (Wildman–Crippen MR) is 104 cm³/mol. The Labute approximate surface area is 156 Å². The van der Waals surface area contributed by atoms with Gasteiger partial charge in [0.05, 0.1) is 11.8 Å². The molecule has 1 aromatic heterocycles. The average Bonchev–Trinajstić information content (AvgIpc) is 3.14. The van der Waals surface area contributed by atoms with Crippen LogP contribution in [0.15, 0.2) is 42.7 Å². The van der Waals surface area contributed by atoms with E-state index in [0.29, 0.717) is 11.6 Å². The van der Waals surface area contributed by atoms with E-state index in [1.807, 2.05) is 16.9 Å². The highest BCUT2D eigenvalue weighted by Gasteiger charge is 2.28. The molecule has 1 saturated heterocycles. The second kappa shape index (κ2) is 8.49. The smallest absolute Gasteiger partial charge is 0.257 e. The second-order valence-corrected chi connectivity index (χ2v) is 7.57. The van der Waals surface area contributed by atoms with Gasteiger partial charge in [0, 0.05) is 24.8 Å². The second-order valence-electron chi connectivity index (χ2n) is 7.57. The molecular weight excluding hydrogens is 324 g/mol. The van der Waals surface area contributed by atoms with Crippen molar-refractivity contribution in [3.8, 4) is 0 Å². The average molecular weight is 354 g/mol. The zero-order chi connectivity index (χ0) is 18.5.